The van der Waals surface area contributed by atoms with Crippen molar-refractivity contribution >= 4 is 28.2 Å². The Labute approximate surface area is 195 Å². The molecule has 0 aliphatic heterocycles. The van der Waals surface area contributed by atoms with Crippen molar-refractivity contribution in [1.82, 2.24) is 4.98 Å². The Balaban J connectivity index is 1.46. The van der Waals surface area contributed by atoms with Crippen LogP contribution in [0, 0.1) is 6.92 Å². The molecule has 1 heterocycles. The van der Waals surface area contributed by atoms with E-state index in [1.54, 1.807) is 0 Å². The van der Waals surface area contributed by atoms with Crippen LogP contribution < -0.4 is 11.1 Å². The summed E-state index contributed by atoms with van der Waals surface area (Å²) in [5.41, 5.74) is 9.36. The average Bonchev–Trinajstić information content (AvgIpc) is 2.77. The SMILES string of the molecule is CCCCCCCCCCCCCCCCCC(=O)Nc1ccc2nc(C)cc(N)c2c1. The normalized spacial score (nSPS) is 11.2. The summed E-state index contributed by atoms with van der Waals surface area (Å²) >= 11 is 0. The maximum absolute atomic E-state index is 12.3. The van der Waals surface area contributed by atoms with Gasteiger partial charge in [-0.05, 0) is 37.6 Å². The van der Waals surface area contributed by atoms with Crippen molar-refractivity contribution in [2.75, 3.05) is 11.1 Å². The molecule has 0 saturated carbocycles. The zero-order valence-corrected chi connectivity index (χ0v) is 20.6. The Morgan fingerprint density at radius 3 is 1.91 bits per heavy atom. The van der Waals surface area contributed by atoms with E-state index >= 15 is 0 Å². The van der Waals surface area contributed by atoms with E-state index in [1.165, 1.54) is 83.5 Å². The molecule has 178 valence electrons. The molecule has 3 N–H and O–H groups in total. The molecule has 0 aliphatic rings. The molecular formula is C28H45N3O. The Kier molecular flexibility index (Phi) is 12.8. The van der Waals surface area contributed by atoms with Gasteiger partial charge in [-0.15, -0.1) is 0 Å². The fraction of sp³-hybridized carbons (Fsp3) is 0.643. The number of anilines is 2. The number of hydrogen-bond donors (Lipinski definition) is 2. The minimum Gasteiger partial charge on any atom is -0.398 e. The summed E-state index contributed by atoms with van der Waals surface area (Å²) in [6, 6.07) is 7.60. The first-order valence-corrected chi connectivity index (χ1v) is 13.1. The van der Waals surface area contributed by atoms with E-state index < -0.39 is 0 Å². The van der Waals surface area contributed by atoms with Crippen LogP contribution in [-0.2, 0) is 4.79 Å². The Bertz CT molecular complexity index is 803. The lowest BCUT2D eigenvalue weighted by atomic mass is 10.0. The molecule has 0 aliphatic carbocycles. The largest absolute Gasteiger partial charge is 0.398 e. The van der Waals surface area contributed by atoms with Crippen LogP contribution in [0.2, 0.25) is 0 Å². The van der Waals surface area contributed by atoms with E-state index in [1.807, 2.05) is 31.2 Å². The van der Waals surface area contributed by atoms with E-state index in [-0.39, 0.29) is 5.91 Å². The van der Waals surface area contributed by atoms with Crippen molar-refractivity contribution in [1.29, 1.82) is 0 Å². The molecule has 0 saturated heterocycles. The lowest BCUT2D eigenvalue weighted by Gasteiger charge is -2.08. The van der Waals surface area contributed by atoms with Crippen LogP contribution in [-0.4, -0.2) is 10.9 Å². The molecular weight excluding hydrogens is 394 g/mol. The first-order chi connectivity index (χ1) is 15.6. The van der Waals surface area contributed by atoms with Gasteiger partial charge in [0.05, 0.1) is 5.52 Å². The lowest BCUT2D eigenvalue weighted by Crippen LogP contribution is -2.11. The van der Waals surface area contributed by atoms with Gasteiger partial charge < -0.3 is 11.1 Å². The number of amides is 1. The van der Waals surface area contributed by atoms with Crippen molar-refractivity contribution in [2.24, 2.45) is 0 Å². The van der Waals surface area contributed by atoms with E-state index in [0.717, 1.165) is 35.1 Å². The van der Waals surface area contributed by atoms with Crippen LogP contribution in [0.15, 0.2) is 24.3 Å². The standard InChI is InChI=1S/C28H45N3O/c1-3-4-5-6-7-8-9-10-11-12-13-14-15-16-17-18-28(32)31-24-19-20-27-25(22-24)26(29)21-23(2)30-27/h19-22H,3-18H2,1-2H3,(H2,29,30)(H,31,32). The molecule has 0 radical (unpaired) electrons. The summed E-state index contributed by atoms with van der Waals surface area (Å²) < 4.78 is 0. The number of carbonyl (C=O) groups is 1. The minimum absolute atomic E-state index is 0.0812. The third-order valence-electron chi connectivity index (χ3n) is 6.26. The molecule has 0 atom stereocenters. The van der Waals surface area contributed by atoms with E-state index in [2.05, 4.69) is 17.2 Å². The quantitative estimate of drug-likeness (QED) is 0.243. The van der Waals surface area contributed by atoms with Gasteiger partial charge in [-0.1, -0.05) is 96.8 Å². The highest BCUT2D eigenvalue weighted by atomic mass is 16.1. The van der Waals surface area contributed by atoms with Crippen LogP contribution in [0.25, 0.3) is 10.9 Å². The zero-order chi connectivity index (χ0) is 23.0. The topological polar surface area (TPSA) is 68.0 Å². The predicted octanol–water partition coefficient (Wildman–Crippen LogP) is 8.33. The number of nitrogens with two attached hydrogens (primary N) is 1. The van der Waals surface area contributed by atoms with Crippen LogP contribution in [0.3, 0.4) is 0 Å². The highest BCUT2D eigenvalue weighted by molar-refractivity contribution is 5.97. The van der Waals surface area contributed by atoms with E-state index in [4.69, 9.17) is 5.73 Å². The van der Waals surface area contributed by atoms with Gasteiger partial charge in [0.2, 0.25) is 5.91 Å². The number of benzene rings is 1. The summed E-state index contributed by atoms with van der Waals surface area (Å²) in [7, 11) is 0. The summed E-state index contributed by atoms with van der Waals surface area (Å²) in [6.07, 6.45) is 20.6. The zero-order valence-electron chi connectivity index (χ0n) is 20.6. The van der Waals surface area contributed by atoms with Crippen LogP contribution in [0.1, 0.15) is 115 Å². The Hall–Kier alpha value is -2.10. The second-order valence-electron chi connectivity index (χ2n) is 9.33. The molecule has 1 aromatic heterocycles. The molecule has 0 fully saturated rings. The maximum Gasteiger partial charge on any atom is 0.224 e. The highest BCUT2D eigenvalue weighted by Gasteiger charge is 2.06. The van der Waals surface area contributed by atoms with Crippen molar-refractivity contribution in [2.45, 2.75) is 117 Å². The number of fused-ring (bicyclic) bond motifs is 1. The summed E-state index contributed by atoms with van der Waals surface area (Å²) in [6.45, 7) is 4.21. The Morgan fingerprint density at radius 2 is 1.34 bits per heavy atom. The molecule has 2 rings (SSSR count). The van der Waals surface area contributed by atoms with Crippen molar-refractivity contribution in [3.63, 3.8) is 0 Å². The fourth-order valence-electron chi connectivity index (χ4n) is 4.35. The molecule has 0 spiro atoms. The van der Waals surface area contributed by atoms with Gasteiger partial charge in [0.25, 0.3) is 0 Å². The summed E-state index contributed by atoms with van der Waals surface area (Å²) in [5, 5.41) is 3.89. The number of nitrogens with zero attached hydrogens (tertiary/aromatic N) is 1. The number of pyridine rings is 1. The molecule has 1 aromatic carbocycles. The van der Waals surface area contributed by atoms with Crippen LogP contribution in [0.4, 0.5) is 11.4 Å². The van der Waals surface area contributed by atoms with Gasteiger partial charge in [-0.3, -0.25) is 9.78 Å². The van der Waals surface area contributed by atoms with E-state index in [9.17, 15) is 4.79 Å². The van der Waals surface area contributed by atoms with Gasteiger partial charge in [0.15, 0.2) is 0 Å². The second kappa shape index (κ2) is 15.7. The minimum atomic E-state index is 0.0812. The third kappa shape index (κ3) is 10.5. The fourth-order valence-corrected chi connectivity index (χ4v) is 4.35. The highest BCUT2D eigenvalue weighted by Crippen LogP contribution is 2.24. The first kappa shape index (κ1) is 26.2. The average molecular weight is 440 g/mol. The van der Waals surface area contributed by atoms with Crippen molar-refractivity contribution in [3.8, 4) is 0 Å². The summed E-state index contributed by atoms with van der Waals surface area (Å²) in [5.74, 6) is 0.0812. The van der Waals surface area contributed by atoms with Crippen LogP contribution in [0.5, 0.6) is 0 Å². The smallest absolute Gasteiger partial charge is 0.224 e. The number of aryl methyl sites for hydroxylation is 1. The van der Waals surface area contributed by atoms with Gasteiger partial charge in [-0.25, -0.2) is 0 Å². The summed E-state index contributed by atoms with van der Waals surface area (Å²) in [4.78, 5) is 16.7. The molecule has 32 heavy (non-hydrogen) atoms. The monoisotopic (exact) mass is 439 g/mol. The maximum atomic E-state index is 12.3. The molecule has 0 bridgehead atoms. The molecule has 4 heteroatoms. The van der Waals surface area contributed by atoms with Crippen LogP contribution >= 0.6 is 0 Å². The number of nitrogen functional groups attached to an aromatic ring is 1. The van der Waals surface area contributed by atoms with Gasteiger partial charge in [0.1, 0.15) is 0 Å². The molecule has 2 aromatic rings. The second-order valence-corrected chi connectivity index (χ2v) is 9.33. The van der Waals surface area contributed by atoms with Crippen molar-refractivity contribution < 1.29 is 4.79 Å². The van der Waals surface area contributed by atoms with Gasteiger partial charge in [0, 0.05) is 28.9 Å². The van der Waals surface area contributed by atoms with Gasteiger partial charge in [-0.2, -0.15) is 0 Å². The Morgan fingerprint density at radius 1 is 0.812 bits per heavy atom. The lowest BCUT2D eigenvalue weighted by molar-refractivity contribution is -0.116. The number of rotatable bonds is 17. The number of nitrogens with one attached hydrogen (secondary N) is 1. The van der Waals surface area contributed by atoms with E-state index in [0.29, 0.717) is 12.1 Å². The molecule has 0 unspecified atom stereocenters. The first-order valence-electron chi connectivity index (χ1n) is 13.1. The predicted molar refractivity (Wildman–Crippen MR) is 139 cm³/mol. The number of hydrogen-bond acceptors (Lipinski definition) is 3. The number of aromatic nitrogens is 1. The molecule has 4 nitrogen and oxygen atoms in total. The van der Waals surface area contributed by atoms with Crippen molar-refractivity contribution in [3.05, 3.63) is 30.0 Å². The van der Waals surface area contributed by atoms with Gasteiger partial charge >= 0.3 is 0 Å². The molecule has 1 amide bonds. The number of unbranched alkanes of at least 4 members (excludes halogenated alkanes) is 14. The number of carbonyl (C=O) groups excluding carboxylic acids is 1. The third-order valence-corrected chi connectivity index (χ3v) is 6.26.